The van der Waals surface area contributed by atoms with Crippen molar-refractivity contribution in [2.75, 3.05) is 0 Å². The van der Waals surface area contributed by atoms with E-state index in [1.807, 2.05) is 18.2 Å². The average molecular weight is 375 g/mol. The van der Waals surface area contributed by atoms with Crippen molar-refractivity contribution in [3.63, 3.8) is 0 Å². The van der Waals surface area contributed by atoms with Gasteiger partial charge in [0.25, 0.3) is 0 Å². The largest absolute Gasteiger partial charge is 0.445 e. The molecule has 2 aromatic rings. The first-order valence-corrected chi connectivity index (χ1v) is 8.49. The number of carbonyl (C=O) groups is 2. The van der Waals surface area contributed by atoms with Gasteiger partial charge in [0.05, 0.1) is 6.10 Å². The summed E-state index contributed by atoms with van der Waals surface area (Å²) >= 11 is 0. The van der Waals surface area contributed by atoms with Crippen LogP contribution in [0.3, 0.4) is 0 Å². The SMILES string of the molecule is CC(C)[C@H](O)[C@@H](NC(=O)OCc1ccccc1)C(=O)Oc1ccc(F)cc1. The summed E-state index contributed by atoms with van der Waals surface area (Å²) in [4.78, 5) is 24.5. The maximum Gasteiger partial charge on any atom is 0.408 e. The summed E-state index contributed by atoms with van der Waals surface area (Å²) in [6.07, 6.45) is -2.05. The predicted octanol–water partition coefficient (Wildman–Crippen LogP) is 3.04. The molecule has 0 aliphatic carbocycles. The Morgan fingerprint density at radius 1 is 1.07 bits per heavy atom. The van der Waals surface area contributed by atoms with E-state index in [0.29, 0.717) is 0 Å². The molecule has 0 unspecified atom stereocenters. The summed E-state index contributed by atoms with van der Waals surface area (Å²) in [5.41, 5.74) is 0.780. The van der Waals surface area contributed by atoms with Crippen LogP contribution in [0.2, 0.25) is 0 Å². The van der Waals surface area contributed by atoms with E-state index < -0.39 is 30.0 Å². The van der Waals surface area contributed by atoms with Crippen molar-refractivity contribution < 1.29 is 28.6 Å². The minimum absolute atomic E-state index is 0.0180. The Labute approximate surface area is 156 Å². The van der Waals surface area contributed by atoms with E-state index in [0.717, 1.165) is 17.7 Å². The molecule has 27 heavy (non-hydrogen) atoms. The highest BCUT2D eigenvalue weighted by Crippen LogP contribution is 2.15. The number of ether oxygens (including phenoxy) is 2. The summed E-state index contributed by atoms with van der Waals surface area (Å²) in [6, 6.07) is 12.5. The van der Waals surface area contributed by atoms with Crippen molar-refractivity contribution >= 4 is 12.1 Å². The fraction of sp³-hybridized carbons (Fsp3) is 0.300. The lowest BCUT2D eigenvalue weighted by Crippen LogP contribution is -2.52. The smallest absolute Gasteiger partial charge is 0.408 e. The molecule has 0 aromatic heterocycles. The second kappa shape index (κ2) is 9.68. The van der Waals surface area contributed by atoms with Gasteiger partial charge in [-0.3, -0.25) is 0 Å². The number of hydrogen-bond donors (Lipinski definition) is 2. The Bertz CT molecular complexity index is 749. The Hall–Kier alpha value is -2.93. The Balaban J connectivity index is 2.01. The van der Waals surface area contributed by atoms with Gasteiger partial charge in [-0.15, -0.1) is 0 Å². The third-order valence-electron chi connectivity index (χ3n) is 3.80. The maximum absolute atomic E-state index is 13.0. The van der Waals surface area contributed by atoms with E-state index in [-0.39, 0.29) is 18.3 Å². The average Bonchev–Trinajstić information content (AvgIpc) is 2.66. The molecular formula is C20H22FNO5. The number of nitrogens with one attached hydrogen (secondary N) is 1. The summed E-state index contributed by atoms with van der Waals surface area (Å²) in [6.45, 7) is 3.41. The lowest BCUT2D eigenvalue weighted by atomic mass is 10.00. The van der Waals surface area contributed by atoms with E-state index in [1.54, 1.807) is 26.0 Å². The van der Waals surface area contributed by atoms with Crippen molar-refractivity contribution in [1.82, 2.24) is 5.32 Å². The molecule has 0 spiro atoms. The molecule has 2 N–H and O–H groups in total. The van der Waals surface area contributed by atoms with Crippen LogP contribution in [0.5, 0.6) is 5.75 Å². The number of alkyl carbamates (subject to hydrolysis) is 1. The van der Waals surface area contributed by atoms with Crippen LogP contribution in [0.15, 0.2) is 54.6 Å². The van der Waals surface area contributed by atoms with Crippen LogP contribution >= 0.6 is 0 Å². The second-order valence-corrected chi connectivity index (χ2v) is 6.29. The molecule has 0 fully saturated rings. The number of aliphatic hydroxyl groups is 1. The molecule has 144 valence electrons. The number of benzene rings is 2. The number of aliphatic hydroxyl groups excluding tert-OH is 1. The van der Waals surface area contributed by atoms with Crippen LogP contribution in [0, 0.1) is 11.7 Å². The number of hydrogen-bond acceptors (Lipinski definition) is 5. The minimum atomic E-state index is -1.33. The quantitative estimate of drug-likeness (QED) is 0.574. The number of carbonyl (C=O) groups excluding carboxylic acids is 2. The zero-order valence-corrected chi connectivity index (χ0v) is 15.1. The van der Waals surface area contributed by atoms with Gasteiger partial charge in [0.1, 0.15) is 18.2 Å². The van der Waals surface area contributed by atoms with Crippen LogP contribution in [-0.4, -0.2) is 29.3 Å². The Kier molecular flexibility index (Phi) is 7.31. The maximum atomic E-state index is 13.0. The minimum Gasteiger partial charge on any atom is -0.445 e. The zero-order valence-electron chi connectivity index (χ0n) is 15.1. The summed E-state index contributed by atoms with van der Waals surface area (Å²) in [5.74, 6) is -1.58. The molecule has 1 amide bonds. The van der Waals surface area contributed by atoms with Crippen molar-refractivity contribution in [2.45, 2.75) is 32.6 Å². The van der Waals surface area contributed by atoms with Gasteiger partial charge in [-0.25, -0.2) is 14.0 Å². The molecule has 0 bridgehead atoms. The fourth-order valence-electron chi connectivity index (χ4n) is 2.24. The number of halogens is 1. The monoisotopic (exact) mass is 375 g/mol. The van der Waals surface area contributed by atoms with Crippen LogP contribution < -0.4 is 10.1 Å². The molecule has 0 saturated heterocycles. The lowest BCUT2D eigenvalue weighted by molar-refractivity contribution is -0.140. The number of esters is 1. The van der Waals surface area contributed by atoms with E-state index in [1.165, 1.54) is 12.1 Å². The molecule has 0 saturated carbocycles. The van der Waals surface area contributed by atoms with Crippen molar-refractivity contribution in [3.8, 4) is 5.75 Å². The van der Waals surface area contributed by atoms with E-state index >= 15 is 0 Å². The van der Waals surface area contributed by atoms with Gasteiger partial charge in [-0.1, -0.05) is 44.2 Å². The molecule has 2 rings (SSSR count). The Morgan fingerprint density at radius 3 is 2.30 bits per heavy atom. The van der Waals surface area contributed by atoms with Gasteiger partial charge in [0, 0.05) is 0 Å². The normalized spacial score (nSPS) is 12.9. The highest BCUT2D eigenvalue weighted by Gasteiger charge is 2.33. The fourth-order valence-corrected chi connectivity index (χ4v) is 2.24. The zero-order chi connectivity index (χ0) is 19.8. The van der Waals surface area contributed by atoms with Crippen molar-refractivity contribution in [3.05, 3.63) is 66.0 Å². The highest BCUT2D eigenvalue weighted by atomic mass is 19.1. The number of rotatable bonds is 7. The molecular weight excluding hydrogens is 353 g/mol. The van der Waals surface area contributed by atoms with Gasteiger partial charge in [0.2, 0.25) is 0 Å². The lowest BCUT2D eigenvalue weighted by Gasteiger charge is -2.24. The standard InChI is InChI=1S/C20H22FNO5/c1-13(2)18(23)17(19(24)27-16-10-8-15(21)9-11-16)22-20(25)26-12-14-6-4-3-5-7-14/h3-11,13,17-18,23H,12H2,1-2H3,(H,22,25)/t17-,18+/m1/s1. The van der Waals surface area contributed by atoms with E-state index in [2.05, 4.69) is 5.32 Å². The van der Waals surface area contributed by atoms with Gasteiger partial charge in [-0.05, 0) is 35.7 Å². The van der Waals surface area contributed by atoms with Crippen molar-refractivity contribution in [1.29, 1.82) is 0 Å². The van der Waals surface area contributed by atoms with Gasteiger partial charge < -0.3 is 19.9 Å². The molecule has 2 aromatic carbocycles. The molecule has 0 aliphatic rings. The van der Waals surface area contributed by atoms with E-state index in [4.69, 9.17) is 9.47 Å². The van der Waals surface area contributed by atoms with Gasteiger partial charge in [0.15, 0.2) is 6.04 Å². The van der Waals surface area contributed by atoms with Gasteiger partial charge >= 0.3 is 12.1 Å². The van der Waals surface area contributed by atoms with Crippen molar-refractivity contribution in [2.24, 2.45) is 5.92 Å². The summed E-state index contributed by atoms with van der Waals surface area (Å²) in [5, 5.41) is 12.6. The highest BCUT2D eigenvalue weighted by molar-refractivity contribution is 5.83. The molecule has 0 radical (unpaired) electrons. The molecule has 0 heterocycles. The summed E-state index contributed by atoms with van der Waals surface area (Å²) in [7, 11) is 0. The third kappa shape index (κ3) is 6.38. The topological polar surface area (TPSA) is 84.9 Å². The Morgan fingerprint density at radius 2 is 1.70 bits per heavy atom. The third-order valence-corrected chi connectivity index (χ3v) is 3.80. The van der Waals surface area contributed by atoms with Crippen LogP contribution in [0.1, 0.15) is 19.4 Å². The van der Waals surface area contributed by atoms with Crippen LogP contribution in [-0.2, 0) is 16.1 Å². The van der Waals surface area contributed by atoms with E-state index in [9.17, 15) is 19.1 Å². The molecule has 6 nitrogen and oxygen atoms in total. The second-order valence-electron chi connectivity index (χ2n) is 6.29. The first-order valence-electron chi connectivity index (χ1n) is 8.49. The molecule has 0 aliphatic heterocycles. The molecule has 7 heteroatoms. The van der Waals surface area contributed by atoms with Crippen LogP contribution in [0.25, 0.3) is 0 Å². The van der Waals surface area contributed by atoms with Crippen LogP contribution in [0.4, 0.5) is 9.18 Å². The van der Waals surface area contributed by atoms with Gasteiger partial charge in [-0.2, -0.15) is 0 Å². The number of amides is 1. The molecule has 2 atom stereocenters. The summed E-state index contributed by atoms with van der Waals surface area (Å²) < 4.78 is 23.2. The first-order chi connectivity index (χ1) is 12.9. The first kappa shape index (κ1) is 20.4. The predicted molar refractivity (Wildman–Crippen MR) is 96.4 cm³/mol.